The lowest BCUT2D eigenvalue weighted by Gasteiger charge is -2.16. The summed E-state index contributed by atoms with van der Waals surface area (Å²) in [5.74, 6) is 0.257. The van der Waals surface area contributed by atoms with Crippen LogP contribution in [0.2, 0.25) is 0 Å². The molecule has 2 heterocycles. The molecule has 0 aliphatic carbocycles. The zero-order chi connectivity index (χ0) is 16.8. The third kappa shape index (κ3) is 3.72. The first-order valence-electron chi connectivity index (χ1n) is 7.33. The Morgan fingerprint density at radius 3 is 2.71 bits per heavy atom. The van der Waals surface area contributed by atoms with E-state index < -0.39 is 6.04 Å². The molecule has 8 nitrogen and oxygen atoms in total. The number of hydrogen-bond acceptors (Lipinski definition) is 6. The highest BCUT2D eigenvalue weighted by atomic mass is 16.5. The quantitative estimate of drug-likeness (QED) is 0.738. The molecule has 3 aromatic rings. The van der Waals surface area contributed by atoms with E-state index in [0.29, 0.717) is 18.0 Å². The summed E-state index contributed by atoms with van der Waals surface area (Å²) in [4.78, 5) is 16.8. The molecule has 0 saturated carbocycles. The van der Waals surface area contributed by atoms with Gasteiger partial charge in [0.25, 0.3) is 0 Å². The second-order valence-corrected chi connectivity index (χ2v) is 5.07. The molecule has 0 radical (unpaired) electrons. The van der Waals surface area contributed by atoms with Crippen molar-refractivity contribution in [2.75, 3.05) is 12.4 Å². The standard InChI is InChI=1S/C16H16N6O2/c1-24-15-8-7-13(10-17-15)19-16(23)14(22-11-18-20-21-22)9-12-5-3-2-4-6-12/h2-8,10-11,14H,9H2,1H3,(H,19,23)/t14-/m1/s1. The number of carbonyl (C=O) groups excluding carboxylic acids is 1. The van der Waals surface area contributed by atoms with E-state index in [1.54, 1.807) is 12.1 Å². The number of amides is 1. The number of pyridine rings is 1. The molecule has 0 saturated heterocycles. The zero-order valence-electron chi connectivity index (χ0n) is 13.0. The molecule has 0 aliphatic heterocycles. The third-order valence-electron chi connectivity index (χ3n) is 3.47. The number of tetrazole rings is 1. The van der Waals surface area contributed by atoms with E-state index in [9.17, 15) is 4.79 Å². The van der Waals surface area contributed by atoms with Crippen LogP contribution in [0.4, 0.5) is 5.69 Å². The number of carbonyl (C=O) groups is 1. The van der Waals surface area contributed by atoms with E-state index in [0.717, 1.165) is 5.56 Å². The average Bonchev–Trinajstić information content (AvgIpc) is 3.15. The van der Waals surface area contributed by atoms with Crippen LogP contribution in [-0.4, -0.2) is 38.2 Å². The fourth-order valence-corrected chi connectivity index (χ4v) is 2.26. The van der Waals surface area contributed by atoms with Gasteiger partial charge in [-0.2, -0.15) is 0 Å². The number of nitrogens with one attached hydrogen (secondary N) is 1. The van der Waals surface area contributed by atoms with Crippen LogP contribution < -0.4 is 10.1 Å². The SMILES string of the molecule is COc1ccc(NC(=O)[C@@H](Cc2ccccc2)n2cnnn2)cn1. The van der Waals surface area contributed by atoms with Gasteiger partial charge in [0.05, 0.1) is 19.0 Å². The predicted octanol–water partition coefficient (Wildman–Crippen LogP) is 1.50. The number of anilines is 1. The average molecular weight is 324 g/mol. The molecule has 122 valence electrons. The molecule has 0 bridgehead atoms. The Labute approximate surface area is 138 Å². The Kier molecular flexibility index (Phi) is 4.76. The first-order chi connectivity index (χ1) is 11.8. The fraction of sp³-hybridized carbons (Fsp3) is 0.188. The predicted molar refractivity (Wildman–Crippen MR) is 86.4 cm³/mol. The van der Waals surface area contributed by atoms with Gasteiger partial charge in [-0.25, -0.2) is 9.67 Å². The molecule has 1 aromatic carbocycles. The third-order valence-corrected chi connectivity index (χ3v) is 3.47. The normalized spacial score (nSPS) is 11.7. The molecule has 3 rings (SSSR count). The largest absolute Gasteiger partial charge is 0.481 e. The topological polar surface area (TPSA) is 94.8 Å². The Morgan fingerprint density at radius 1 is 1.25 bits per heavy atom. The summed E-state index contributed by atoms with van der Waals surface area (Å²) in [6.45, 7) is 0. The number of hydrogen-bond donors (Lipinski definition) is 1. The number of methoxy groups -OCH3 is 1. The number of rotatable bonds is 6. The molecule has 0 fully saturated rings. The Morgan fingerprint density at radius 2 is 2.08 bits per heavy atom. The number of aromatic nitrogens is 5. The van der Waals surface area contributed by atoms with Gasteiger partial charge in [0.15, 0.2) is 0 Å². The van der Waals surface area contributed by atoms with E-state index in [4.69, 9.17) is 4.74 Å². The summed E-state index contributed by atoms with van der Waals surface area (Å²) >= 11 is 0. The van der Waals surface area contributed by atoms with Crippen molar-refractivity contribution in [2.24, 2.45) is 0 Å². The van der Waals surface area contributed by atoms with E-state index in [1.807, 2.05) is 30.3 Å². The highest BCUT2D eigenvalue weighted by Gasteiger charge is 2.22. The minimum Gasteiger partial charge on any atom is -0.481 e. The van der Waals surface area contributed by atoms with Gasteiger partial charge in [0.2, 0.25) is 11.8 Å². The summed E-state index contributed by atoms with van der Waals surface area (Å²) < 4.78 is 6.45. The summed E-state index contributed by atoms with van der Waals surface area (Å²) in [7, 11) is 1.54. The van der Waals surface area contributed by atoms with Crippen LogP contribution >= 0.6 is 0 Å². The maximum Gasteiger partial charge on any atom is 0.249 e. The van der Waals surface area contributed by atoms with E-state index in [1.165, 1.54) is 24.3 Å². The molecule has 8 heteroatoms. The summed E-state index contributed by atoms with van der Waals surface area (Å²) in [6, 6.07) is 12.5. The smallest absolute Gasteiger partial charge is 0.249 e. The molecule has 1 atom stereocenters. The molecule has 2 aromatic heterocycles. The fourth-order valence-electron chi connectivity index (χ4n) is 2.26. The minimum atomic E-state index is -0.565. The van der Waals surface area contributed by atoms with Crippen LogP contribution in [0.25, 0.3) is 0 Å². The van der Waals surface area contributed by atoms with Gasteiger partial charge in [-0.1, -0.05) is 30.3 Å². The first-order valence-corrected chi connectivity index (χ1v) is 7.33. The summed E-state index contributed by atoms with van der Waals surface area (Å²) in [5, 5.41) is 13.9. The van der Waals surface area contributed by atoms with Crippen molar-refractivity contribution in [3.63, 3.8) is 0 Å². The van der Waals surface area contributed by atoms with Gasteiger partial charge < -0.3 is 10.1 Å². The van der Waals surface area contributed by atoms with Gasteiger partial charge in [-0.05, 0) is 22.1 Å². The molecule has 1 amide bonds. The molecule has 24 heavy (non-hydrogen) atoms. The van der Waals surface area contributed by atoms with Gasteiger partial charge in [-0.3, -0.25) is 4.79 Å². The molecular formula is C16H16N6O2. The molecular weight excluding hydrogens is 308 g/mol. The van der Waals surface area contributed by atoms with Crippen LogP contribution in [0.5, 0.6) is 5.88 Å². The second kappa shape index (κ2) is 7.32. The molecule has 0 unspecified atom stereocenters. The Balaban J connectivity index is 1.78. The van der Waals surface area contributed by atoms with Crippen molar-refractivity contribution < 1.29 is 9.53 Å². The molecule has 0 aliphatic rings. The van der Waals surface area contributed by atoms with Crippen molar-refractivity contribution >= 4 is 11.6 Å². The first kappa shape index (κ1) is 15.6. The lowest BCUT2D eigenvalue weighted by molar-refractivity contribution is -0.119. The van der Waals surface area contributed by atoms with Crippen LogP contribution in [0.3, 0.4) is 0 Å². The van der Waals surface area contributed by atoms with Crippen molar-refractivity contribution in [3.8, 4) is 5.88 Å². The van der Waals surface area contributed by atoms with Gasteiger partial charge in [-0.15, -0.1) is 5.10 Å². The van der Waals surface area contributed by atoms with E-state index >= 15 is 0 Å². The lowest BCUT2D eigenvalue weighted by Crippen LogP contribution is -2.28. The summed E-state index contributed by atoms with van der Waals surface area (Å²) in [5.41, 5.74) is 1.59. The van der Waals surface area contributed by atoms with Gasteiger partial charge >= 0.3 is 0 Å². The van der Waals surface area contributed by atoms with Crippen molar-refractivity contribution in [1.82, 2.24) is 25.2 Å². The maximum absolute atomic E-state index is 12.7. The highest BCUT2D eigenvalue weighted by molar-refractivity contribution is 5.93. The van der Waals surface area contributed by atoms with Crippen LogP contribution in [0, 0.1) is 0 Å². The van der Waals surface area contributed by atoms with Crippen LogP contribution in [0.15, 0.2) is 55.0 Å². The van der Waals surface area contributed by atoms with Crippen LogP contribution in [-0.2, 0) is 11.2 Å². The number of nitrogens with zero attached hydrogens (tertiary/aromatic N) is 5. The van der Waals surface area contributed by atoms with Crippen molar-refractivity contribution in [1.29, 1.82) is 0 Å². The highest BCUT2D eigenvalue weighted by Crippen LogP contribution is 2.17. The number of benzene rings is 1. The van der Waals surface area contributed by atoms with E-state index in [2.05, 4.69) is 25.8 Å². The molecule has 0 spiro atoms. The van der Waals surface area contributed by atoms with Gasteiger partial charge in [0.1, 0.15) is 12.4 Å². The van der Waals surface area contributed by atoms with Crippen molar-refractivity contribution in [3.05, 3.63) is 60.6 Å². The second-order valence-electron chi connectivity index (χ2n) is 5.07. The Hall–Kier alpha value is -3.29. The number of ether oxygens (including phenoxy) is 1. The Bertz CT molecular complexity index is 774. The van der Waals surface area contributed by atoms with Crippen LogP contribution in [0.1, 0.15) is 11.6 Å². The maximum atomic E-state index is 12.7. The van der Waals surface area contributed by atoms with E-state index in [-0.39, 0.29) is 5.91 Å². The zero-order valence-corrected chi connectivity index (χ0v) is 13.0. The lowest BCUT2D eigenvalue weighted by atomic mass is 10.1. The van der Waals surface area contributed by atoms with Gasteiger partial charge in [0, 0.05) is 12.5 Å². The monoisotopic (exact) mass is 324 g/mol. The minimum absolute atomic E-state index is 0.224. The summed E-state index contributed by atoms with van der Waals surface area (Å²) in [6.07, 6.45) is 3.44. The van der Waals surface area contributed by atoms with Crippen molar-refractivity contribution in [2.45, 2.75) is 12.5 Å². The molecule has 1 N–H and O–H groups in total.